The van der Waals surface area contributed by atoms with E-state index in [1.807, 2.05) is 30.3 Å². The van der Waals surface area contributed by atoms with Crippen LogP contribution in [-0.2, 0) is 9.59 Å². The number of nitrogens with two attached hydrogens (primary N) is 1. The third kappa shape index (κ3) is 4.44. The average molecular weight is 312 g/mol. The van der Waals surface area contributed by atoms with Crippen molar-refractivity contribution < 1.29 is 9.59 Å². The van der Waals surface area contributed by atoms with E-state index in [1.54, 1.807) is 6.92 Å². The molecule has 1 aliphatic heterocycles. The maximum Gasteiger partial charge on any atom is 0.242 e. The predicted molar refractivity (Wildman–Crippen MR) is 84.0 cm³/mol. The van der Waals surface area contributed by atoms with E-state index in [0.717, 1.165) is 12.0 Å². The van der Waals surface area contributed by atoms with Gasteiger partial charge < -0.3 is 16.4 Å². The second-order valence-corrected chi connectivity index (χ2v) is 5.22. The second kappa shape index (κ2) is 8.00. The van der Waals surface area contributed by atoms with Crippen LogP contribution in [0.4, 0.5) is 0 Å². The molecule has 1 saturated heterocycles. The molecule has 0 aromatic heterocycles. The van der Waals surface area contributed by atoms with Crippen LogP contribution in [0.5, 0.6) is 0 Å². The van der Waals surface area contributed by atoms with Gasteiger partial charge in [-0.3, -0.25) is 9.59 Å². The first-order chi connectivity index (χ1) is 9.59. The van der Waals surface area contributed by atoms with Gasteiger partial charge in [-0.2, -0.15) is 0 Å². The maximum atomic E-state index is 12.2. The first-order valence-corrected chi connectivity index (χ1v) is 6.98. The van der Waals surface area contributed by atoms with Crippen molar-refractivity contribution in [1.82, 2.24) is 10.6 Å². The first kappa shape index (κ1) is 17.5. The zero-order valence-electron chi connectivity index (χ0n) is 12.0. The number of nitrogens with one attached hydrogen (secondary N) is 2. The van der Waals surface area contributed by atoms with Crippen LogP contribution < -0.4 is 16.4 Å². The van der Waals surface area contributed by atoms with Crippen LogP contribution in [0.15, 0.2) is 30.3 Å². The number of hydrogen-bond donors (Lipinski definition) is 3. The largest absolute Gasteiger partial charge is 0.354 e. The van der Waals surface area contributed by atoms with Crippen molar-refractivity contribution in [2.75, 3.05) is 6.54 Å². The minimum absolute atomic E-state index is 0. The molecular weight excluding hydrogens is 290 g/mol. The van der Waals surface area contributed by atoms with Gasteiger partial charge in [0.2, 0.25) is 11.8 Å². The van der Waals surface area contributed by atoms with Crippen molar-refractivity contribution in [1.29, 1.82) is 0 Å². The number of hydrogen-bond acceptors (Lipinski definition) is 3. The Labute approximate surface area is 131 Å². The Hall–Kier alpha value is -1.59. The van der Waals surface area contributed by atoms with Crippen LogP contribution in [0.25, 0.3) is 0 Å². The number of piperidine rings is 1. The van der Waals surface area contributed by atoms with Crippen molar-refractivity contribution in [2.24, 2.45) is 11.7 Å². The Morgan fingerprint density at radius 1 is 1.38 bits per heavy atom. The normalized spacial score (nSPS) is 20.7. The Morgan fingerprint density at radius 2 is 2.05 bits per heavy atom. The number of amides is 2. The highest BCUT2D eigenvalue weighted by Crippen LogP contribution is 2.19. The van der Waals surface area contributed by atoms with E-state index in [4.69, 9.17) is 5.73 Å². The molecule has 0 radical (unpaired) electrons. The summed E-state index contributed by atoms with van der Waals surface area (Å²) in [5, 5.41) is 5.54. The van der Waals surface area contributed by atoms with Gasteiger partial charge in [-0.15, -0.1) is 12.4 Å². The van der Waals surface area contributed by atoms with Crippen molar-refractivity contribution in [3.63, 3.8) is 0 Å². The maximum absolute atomic E-state index is 12.2. The van der Waals surface area contributed by atoms with Crippen LogP contribution in [0.3, 0.4) is 0 Å². The molecule has 0 aliphatic carbocycles. The van der Waals surface area contributed by atoms with Gasteiger partial charge in [-0.25, -0.2) is 0 Å². The van der Waals surface area contributed by atoms with Crippen molar-refractivity contribution in [3.05, 3.63) is 35.9 Å². The van der Waals surface area contributed by atoms with E-state index in [9.17, 15) is 9.59 Å². The van der Waals surface area contributed by atoms with E-state index in [1.165, 1.54) is 0 Å². The van der Waals surface area contributed by atoms with Crippen molar-refractivity contribution >= 4 is 24.2 Å². The molecule has 0 bridgehead atoms. The number of carbonyl (C=O) groups is 2. The van der Waals surface area contributed by atoms with E-state index < -0.39 is 6.04 Å². The van der Waals surface area contributed by atoms with Crippen molar-refractivity contribution in [3.8, 4) is 0 Å². The number of carbonyl (C=O) groups excluding carboxylic acids is 2. The van der Waals surface area contributed by atoms with Crippen LogP contribution in [0.2, 0.25) is 0 Å². The topological polar surface area (TPSA) is 84.2 Å². The highest BCUT2D eigenvalue weighted by Gasteiger charge is 2.28. The molecule has 3 unspecified atom stereocenters. The summed E-state index contributed by atoms with van der Waals surface area (Å²) in [7, 11) is 0. The summed E-state index contributed by atoms with van der Waals surface area (Å²) >= 11 is 0. The zero-order valence-corrected chi connectivity index (χ0v) is 12.9. The van der Waals surface area contributed by atoms with E-state index in [0.29, 0.717) is 13.0 Å². The second-order valence-electron chi connectivity index (χ2n) is 5.22. The molecule has 5 nitrogen and oxygen atoms in total. The summed E-state index contributed by atoms with van der Waals surface area (Å²) in [5.41, 5.74) is 7.04. The van der Waals surface area contributed by atoms with Gasteiger partial charge in [0.1, 0.15) is 6.04 Å². The van der Waals surface area contributed by atoms with Gasteiger partial charge in [-0.05, 0) is 18.4 Å². The van der Waals surface area contributed by atoms with E-state index in [-0.39, 0.29) is 36.2 Å². The molecule has 2 amide bonds. The number of halogens is 1. The monoisotopic (exact) mass is 311 g/mol. The van der Waals surface area contributed by atoms with Gasteiger partial charge in [-0.1, -0.05) is 37.3 Å². The quantitative estimate of drug-likeness (QED) is 0.779. The summed E-state index contributed by atoms with van der Waals surface area (Å²) < 4.78 is 0. The predicted octanol–water partition coefficient (Wildman–Crippen LogP) is 1.14. The first-order valence-electron chi connectivity index (χ1n) is 6.98. The molecule has 4 N–H and O–H groups in total. The fourth-order valence-electron chi connectivity index (χ4n) is 2.34. The third-order valence-corrected chi connectivity index (χ3v) is 3.74. The molecule has 1 heterocycles. The lowest BCUT2D eigenvalue weighted by Crippen LogP contribution is -2.52. The van der Waals surface area contributed by atoms with Gasteiger partial charge >= 0.3 is 0 Å². The minimum atomic E-state index is -0.429. The van der Waals surface area contributed by atoms with Crippen LogP contribution in [-0.4, -0.2) is 24.4 Å². The minimum Gasteiger partial charge on any atom is -0.354 e. The summed E-state index contributed by atoms with van der Waals surface area (Å²) in [6.45, 7) is 2.47. The summed E-state index contributed by atoms with van der Waals surface area (Å²) in [4.78, 5) is 23.8. The smallest absolute Gasteiger partial charge is 0.242 e. The van der Waals surface area contributed by atoms with Crippen LogP contribution in [0.1, 0.15) is 31.4 Å². The molecule has 1 fully saturated rings. The summed E-state index contributed by atoms with van der Waals surface area (Å²) in [6, 6.07) is 8.71. The Bertz CT molecular complexity index is 481. The van der Waals surface area contributed by atoms with Gasteiger partial charge in [0.15, 0.2) is 0 Å². The molecule has 1 aromatic rings. The van der Waals surface area contributed by atoms with Gasteiger partial charge in [0.25, 0.3) is 0 Å². The lowest BCUT2D eigenvalue weighted by Gasteiger charge is -2.26. The highest BCUT2D eigenvalue weighted by atomic mass is 35.5. The molecule has 116 valence electrons. The summed E-state index contributed by atoms with van der Waals surface area (Å²) in [5.74, 6) is -0.666. The molecule has 21 heavy (non-hydrogen) atoms. The Morgan fingerprint density at radius 3 is 2.67 bits per heavy atom. The molecule has 0 saturated carbocycles. The lowest BCUT2D eigenvalue weighted by atomic mass is 9.94. The molecule has 1 aromatic carbocycles. The van der Waals surface area contributed by atoms with Crippen molar-refractivity contribution in [2.45, 2.75) is 31.8 Å². The third-order valence-electron chi connectivity index (χ3n) is 3.74. The SMILES string of the molecule is CC(C(=O)NC1CCCNC1=O)C(N)c1ccccc1.Cl. The van der Waals surface area contributed by atoms with Crippen LogP contribution >= 0.6 is 12.4 Å². The molecule has 2 rings (SSSR count). The molecule has 1 aliphatic rings. The molecular formula is C15H22ClN3O2. The summed E-state index contributed by atoms with van der Waals surface area (Å²) in [6.07, 6.45) is 1.57. The fraction of sp³-hybridized carbons (Fsp3) is 0.467. The number of rotatable bonds is 4. The lowest BCUT2D eigenvalue weighted by molar-refractivity contribution is -0.132. The van der Waals surface area contributed by atoms with Gasteiger partial charge in [0, 0.05) is 12.6 Å². The average Bonchev–Trinajstić information content (AvgIpc) is 2.49. The zero-order chi connectivity index (χ0) is 14.5. The number of benzene rings is 1. The molecule has 0 spiro atoms. The Kier molecular flexibility index (Phi) is 6.65. The highest BCUT2D eigenvalue weighted by molar-refractivity contribution is 5.89. The Balaban J connectivity index is 0.00000220. The molecule has 6 heteroatoms. The fourth-order valence-corrected chi connectivity index (χ4v) is 2.34. The molecule has 3 atom stereocenters. The van der Waals surface area contributed by atoms with E-state index in [2.05, 4.69) is 10.6 Å². The van der Waals surface area contributed by atoms with E-state index >= 15 is 0 Å². The van der Waals surface area contributed by atoms with Gasteiger partial charge in [0.05, 0.1) is 5.92 Å². The van der Waals surface area contributed by atoms with Crippen LogP contribution in [0, 0.1) is 5.92 Å². The standard InChI is InChI=1S/C15H21N3O2.ClH/c1-10(13(16)11-6-3-2-4-7-11)14(19)18-12-8-5-9-17-15(12)20;/h2-4,6-7,10,12-13H,5,8-9,16H2,1H3,(H,17,20)(H,18,19);1H.